The number of nitrogens with two attached hydrogens (primary N) is 1. The van der Waals surface area contributed by atoms with Gasteiger partial charge in [-0.3, -0.25) is 14.9 Å². The van der Waals surface area contributed by atoms with E-state index in [-0.39, 0.29) is 17.2 Å². The van der Waals surface area contributed by atoms with Crippen LogP contribution in [0, 0.1) is 10.1 Å². The topological polar surface area (TPSA) is 116 Å². The number of aromatic nitrogens is 2. The maximum absolute atomic E-state index is 12.5. The zero-order valence-corrected chi connectivity index (χ0v) is 13.7. The molecular formula is C16H21N5O3. The first-order chi connectivity index (χ1) is 11.5. The summed E-state index contributed by atoms with van der Waals surface area (Å²) >= 11 is 0. The predicted molar refractivity (Wildman–Crippen MR) is 90.1 cm³/mol. The van der Waals surface area contributed by atoms with E-state index in [1.165, 1.54) is 29.2 Å². The van der Waals surface area contributed by atoms with Crippen molar-refractivity contribution in [2.45, 2.75) is 32.2 Å². The summed E-state index contributed by atoms with van der Waals surface area (Å²) in [5.41, 5.74) is 5.70. The van der Waals surface area contributed by atoms with Gasteiger partial charge in [-0.15, -0.1) is 0 Å². The molecule has 0 spiro atoms. The van der Waals surface area contributed by atoms with Gasteiger partial charge in [0, 0.05) is 30.6 Å². The number of nitrogens with one attached hydrogen (secondary N) is 1. The Kier molecular flexibility index (Phi) is 5.30. The Balaban J connectivity index is 2.37. The second kappa shape index (κ2) is 7.22. The molecule has 24 heavy (non-hydrogen) atoms. The minimum Gasteiger partial charge on any atom is -0.345 e. The Labute approximate surface area is 139 Å². The van der Waals surface area contributed by atoms with E-state index in [4.69, 9.17) is 5.73 Å². The Morgan fingerprint density at radius 2 is 2.12 bits per heavy atom. The van der Waals surface area contributed by atoms with Crippen LogP contribution in [0.15, 0.2) is 36.9 Å². The number of amides is 1. The molecule has 0 aliphatic carbocycles. The summed E-state index contributed by atoms with van der Waals surface area (Å²) in [4.78, 5) is 27.2. The first-order valence-electron chi connectivity index (χ1n) is 7.75. The zero-order chi connectivity index (χ0) is 17.7. The highest BCUT2D eigenvalue weighted by Crippen LogP contribution is 2.25. The van der Waals surface area contributed by atoms with E-state index in [0.29, 0.717) is 25.1 Å². The van der Waals surface area contributed by atoms with Crippen LogP contribution >= 0.6 is 0 Å². The molecule has 2 aromatic rings. The number of imidazole rings is 1. The lowest BCUT2D eigenvalue weighted by Crippen LogP contribution is -2.52. The van der Waals surface area contributed by atoms with Crippen molar-refractivity contribution in [3.63, 3.8) is 0 Å². The number of carbonyl (C=O) groups excluding carboxylic acids is 1. The Morgan fingerprint density at radius 1 is 1.42 bits per heavy atom. The maximum Gasteiger partial charge on any atom is 0.294 e. The lowest BCUT2D eigenvalue weighted by atomic mass is 9.92. The standard InChI is InChI=1S/C16H21N5O3/c1-3-16(4-2,10-17)19-15(22)12-5-6-13(14(9-12)21(23)24)20-8-7-18-11-20/h5-9,11H,3-4,10,17H2,1-2H3,(H,19,22). The maximum atomic E-state index is 12.5. The lowest BCUT2D eigenvalue weighted by Gasteiger charge is -2.31. The fraction of sp³-hybridized carbons (Fsp3) is 0.375. The molecule has 128 valence electrons. The highest BCUT2D eigenvalue weighted by atomic mass is 16.6. The predicted octanol–water partition coefficient (Wildman–Crippen LogP) is 2.03. The number of rotatable bonds is 7. The molecule has 0 saturated carbocycles. The first-order valence-corrected chi connectivity index (χ1v) is 7.75. The summed E-state index contributed by atoms with van der Waals surface area (Å²) in [7, 11) is 0. The van der Waals surface area contributed by atoms with Crippen molar-refractivity contribution in [2.75, 3.05) is 6.54 Å². The summed E-state index contributed by atoms with van der Waals surface area (Å²) in [5.74, 6) is -0.371. The molecule has 1 aromatic heterocycles. The molecule has 8 heteroatoms. The third kappa shape index (κ3) is 3.43. The normalized spacial score (nSPS) is 11.3. The number of hydrogen-bond acceptors (Lipinski definition) is 5. The van der Waals surface area contributed by atoms with Crippen molar-refractivity contribution in [2.24, 2.45) is 5.73 Å². The van der Waals surface area contributed by atoms with E-state index in [0.717, 1.165) is 0 Å². The van der Waals surface area contributed by atoms with Gasteiger partial charge in [0.1, 0.15) is 5.69 Å². The highest BCUT2D eigenvalue weighted by molar-refractivity contribution is 5.95. The van der Waals surface area contributed by atoms with E-state index in [1.807, 2.05) is 13.8 Å². The molecule has 0 bridgehead atoms. The Morgan fingerprint density at radius 3 is 2.62 bits per heavy atom. The van der Waals surface area contributed by atoms with E-state index < -0.39 is 10.5 Å². The molecule has 1 aromatic carbocycles. The summed E-state index contributed by atoms with van der Waals surface area (Å²) < 4.78 is 1.53. The largest absolute Gasteiger partial charge is 0.345 e. The van der Waals surface area contributed by atoms with Gasteiger partial charge in [-0.25, -0.2) is 4.98 Å². The van der Waals surface area contributed by atoms with E-state index >= 15 is 0 Å². The van der Waals surface area contributed by atoms with Crippen LogP contribution in [0.1, 0.15) is 37.0 Å². The number of hydrogen-bond donors (Lipinski definition) is 2. The van der Waals surface area contributed by atoms with Crippen LogP contribution in [0.3, 0.4) is 0 Å². The molecule has 8 nitrogen and oxygen atoms in total. The summed E-state index contributed by atoms with van der Waals surface area (Å²) in [6, 6.07) is 4.37. The number of carbonyl (C=O) groups is 1. The molecule has 0 aliphatic rings. The van der Waals surface area contributed by atoms with E-state index in [9.17, 15) is 14.9 Å². The Hall–Kier alpha value is -2.74. The van der Waals surface area contributed by atoms with Crippen molar-refractivity contribution in [3.05, 3.63) is 52.6 Å². The van der Waals surface area contributed by atoms with Crippen LogP contribution in [0.2, 0.25) is 0 Å². The average molecular weight is 331 g/mol. The molecule has 2 rings (SSSR count). The van der Waals surface area contributed by atoms with Crippen LogP contribution in [-0.2, 0) is 0 Å². The molecule has 0 saturated heterocycles. The van der Waals surface area contributed by atoms with Gasteiger partial charge < -0.3 is 15.6 Å². The highest BCUT2D eigenvalue weighted by Gasteiger charge is 2.28. The van der Waals surface area contributed by atoms with Gasteiger partial charge in [0.25, 0.3) is 11.6 Å². The third-order valence-electron chi connectivity index (χ3n) is 4.34. The molecular weight excluding hydrogens is 310 g/mol. The van der Waals surface area contributed by atoms with Crippen LogP contribution in [0.4, 0.5) is 5.69 Å². The van der Waals surface area contributed by atoms with Crippen LogP contribution in [0.5, 0.6) is 0 Å². The average Bonchev–Trinajstić information content (AvgIpc) is 3.13. The van der Waals surface area contributed by atoms with Crippen molar-refractivity contribution >= 4 is 11.6 Å². The van der Waals surface area contributed by atoms with Crippen LogP contribution < -0.4 is 11.1 Å². The molecule has 0 fully saturated rings. The quantitative estimate of drug-likeness (QED) is 0.595. The van der Waals surface area contributed by atoms with Gasteiger partial charge in [0.15, 0.2) is 0 Å². The summed E-state index contributed by atoms with van der Waals surface area (Å²) in [6.07, 6.45) is 5.97. The summed E-state index contributed by atoms with van der Waals surface area (Å²) in [5, 5.41) is 14.3. The monoisotopic (exact) mass is 331 g/mol. The molecule has 1 heterocycles. The van der Waals surface area contributed by atoms with Crippen LogP contribution in [0.25, 0.3) is 5.69 Å². The molecule has 0 unspecified atom stereocenters. The first kappa shape index (κ1) is 17.6. The van der Waals surface area contributed by atoms with Crippen molar-refractivity contribution in [1.29, 1.82) is 0 Å². The molecule has 0 aliphatic heterocycles. The minimum atomic E-state index is -0.512. The second-order valence-corrected chi connectivity index (χ2v) is 5.58. The number of nitro benzene ring substituents is 1. The fourth-order valence-electron chi connectivity index (χ4n) is 2.51. The number of nitro groups is 1. The third-order valence-corrected chi connectivity index (χ3v) is 4.34. The SMILES string of the molecule is CCC(CC)(CN)NC(=O)c1ccc(-n2ccnc2)c([N+](=O)[O-])c1. The number of benzene rings is 1. The van der Waals surface area contributed by atoms with Gasteiger partial charge in [0.2, 0.25) is 0 Å². The molecule has 0 atom stereocenters. The summed E-state index contributed by atoms with van der Waals surface area (Å²) in [6.45, 7) is 4.20. The van der Waals surface area contributed by atoms with E-state index in [2.05, 4.69) is 10.3 Å². The van der Waals surface area contributed by atoms with Gasteiger partial charge in [-0.2, -0.15) is 0 Å². The zero-order valence-electron chi connectivity index (χ0n) is 13.7. The van der Waals surface area contributed by atoms with Crippen molar-refractivity contribution in [1.82, 2.24) is 14.9 Å². The van der Waals surface area contributed by atoms with Gasteiger partial charge in [-0.05, 0) is 25.0 Å². The fourth-order valence-corrected chi connectivity index (χ4v) is 2.51. The lowest BCUT2D eigenvalue weighted by molar-refractivity contribution is -0.384. The smallest absolute Gasteiger partial charge is 0.294 e. The van der Waals surface area contributed by atoms with Crippen LogP contribution in [-0.4, -0.2) is 32.5 Å². The molecule has 3 N–H and O–H groups in total. The van der Waals surface area contributed by atoms with Gasteiger partial charge in [0.05, 0.1) is 16.8 Å². The molecule has 0 radical (unpaired) electrons. The van der Waals surface area contributed by atoms with Crippen molar-refractivity contribution in [3.8, 4) is 5.69 Å². The Bertz CT molecular complexity index is 715. The minimum absolute atomic E-state index is 0.160. The van der Waals surface area contributed by atoms with E-state index in [1.54, 1.807) is 12.3 Å². The number of nitrogens with zero attached hydrogens (tertiary/aromatic N) is 3. The second-order valence-electron chi connectivity index (χ2n) is 5.58. The van der Waals surface area contributed by atoms with Gasteiger partial charge in [-0.1, -0.05) is 13.8 Å². The van der Waals surface area contributed by atoms with Crippen molar-refractivity contribution < 1.29 is 9.72 Å². The van der Waals surface area contributed by atoms with Gasteiger partial charge >= 0.3 is 0 Å². The molecule has 1 amide bonds.